The minimum atomic E-state index is -1.07. The first-order valence-corrected chi connectivity index (χ1v) is 11.7. The first kappa shape index (κ1) is 23.6. The number of nitrogens with zero attached hydrogens (tertiary/aromatic N) is 4. The predicted octanol–water partition coefficient (Wildman–Crippen LogP) is 5.58. The lowest BCUT2D eigenvalue weighted by Crippen LogP contribution is -2.51. The number of hydrogen-bond acceptors (Lipinski definition) is 8. The highest BCUT2D eigenvalue weighted by molar-refractivity contribution is 5.80. The minimum absolute atomic E-state index is 0.146. The van der Waals surface area contributed by atoms with Crippen molar-refractivity contribution in [2.75, 3.05) is 0 Å². The molecule has 0 radical (unpaired) electrons. The van der Waals surface area contributed by atoms with Gasteiger partial charge in [0.25, 0.3) is 11.4 Å². The molecule has 38 heavy (non-hydrogen) atoms. The molecule has 3 aromatic carbocycles. The van der Waals surface area contributed by atoms with Crippen LogP contribution in [0.25, 0.3) is 0 Å². The van der Waals surface area contributed by atoms with Gasteiger partial charge < -0.3 is 0 Å². The SMILES string of the molecule is CC12c3ccc([N+](=O)[O-])cc3C3(C)c4cc([N+](=O)[O-])c([N+](=O)[O-])cc4C(C)(c4cc([N+](=O)[O-])ccc41)C23C. The molecule has 12 nitrogen and oxygen atoms in total. The van der Waals surface area contributed by atoms with E-state index >= 15 is 0 Å². The van der Waals surface area contributed by atoms with Gasteiger partial charge in [-0.2, -0.15) is 0 Å². The fourth-order valence-electron chi connectivity index (χ4n) is 8.24. The summed E-state index contributed by atoms with van der Waals surface area (Å²) in [5.74, 6) is 0. The Hall–Kier alpha value is -4.74. The number of benzene rings is 3. The van der Waals surface area contributed by atoms with Crippen molar-refractivity contribution in [2.45, 2.75) is 43.9 Å². The van der Waals surface area contributed by atoms with Gasteiger partial charge in [-0.3, -0.25) is 40.5 Å². The third-order valence-electron chi connectivity index (χ3n) is 10.2. The molecule has 2 atom stereocenters. The second-order valence-electron chi connectivity index (χ2n) is 10.9. The minimum Gasteiger partial charge on any atom is -0.258 e. The van der Waals surface area contributed by atoms with Gasteiger partial charge in [0.15, 0.2) is 0 Å². The summed E-state index contributed by atoms with van der Waals surface area (Å²) < 4.78 is 0. The largest absolute Gasteiger partial charge is 0.346 e. The molecule has 0 heterocycles. The van der Waals surface area contributed by atoms with E-state index in [2.05, 4.69) is 0 Å². The second kappa shape index (κ2) is 6.57. The van der Waals surface area contributed by atoms with Crippen LogP contribution in [0.1, 0.15) is 61.1 Å². The van der Waals surface area contributed by atoms with Crippen LogP contribution in [0, 0.1) is 45.9 Å². The van der Waals surface area contributed by atoms with Crippen LogP contribution in [0.2, 0.25) is 0 Å². The van der Waals surface area contributed by atoms with Crippen LogP contribution < -0.4 is 0 Å². The number of nitro groups is 4. The maximum absolute atomic E-state index is 11.9. The fraction of sp³-hybridized carbons (Fsp3) is 0.308. The Morgan fingerprint density at radius 2 is 0.789 bits per heavy atom. The van der Waals surface area contributed by atoms with Gasteiger partial charge in [0, 0.05) is 58.1 Å². The van der Waals surface area contributed by atoms with Crippen molar-refractivity contribution in [3.8, 4) is 0 Å². The van der Waals surface area contributed by atoms with E-state index in [-0.39, 0.29) is 11.4 Å². The maximum Gasteiger partial charge on any atom is 0.346 e. The van der Waals surface area contributed by atoms with Gasteiger partial charge in [0.05, 0.1) is 19.7 Å². The van der Waals surface area contributed by atoms with Crippen molar-refractivity contribution in [1.82, 2.24) is 0 Å². The summed E-state index contributed by atoms with van der Waals surface area (Å²) in [6, 6.07) is 11.6. The van der Waals surface area contributed by atoms with Crippen LogP contribution >= 0.6 is 0 Å². The Bertz CT molecular complexity index is 1600. The lowest BCUT2D eigenvalue weighted by atomic mass is 9.52. The molecule has 0 amide bonds. The first-order chi connectivity index (χ1) is 17.7. The fourth-order valence-corrected chi connectivity index (χ4v) is 8.24. The highest BCUT2D eigenvalue weighted by atomic mass is 16.6. The van der Waals surface area contributed by atoms with Gasteiger partial charge in [0.1, 0.15) is 0 Å². The van der Waals surface area contributed by atoms with E-state index in [0.717, 1.165) is 11.1 Å². The van der Waals surface area contributed by atoms with Gasteiger partial charge >= 0.3 is 11.4 Å². The highest BCUT2D eigenvalue weighted by Gasteiger charge is 2.80. The normalized spacial score (nSPS) is 29.3. The lowest BCUT2D eigenvalue weighted by Gasteiger charge is -2.49. The van der Waals surface area contributed by atoms with E-state index < -0.39 is 52.7 Å². The molecule has 0 saturated heterocycles. The van der Waals surface area contributed by atoms with E-state index in [1.54, 1.807) is 12.1 Å². The zero-order valence-corrected chi connectivity index (χ0v) is 20.7. The quantitative estimate of drug-likeness (QED) is 0.319. The number of fused-ring (bicyclic) bond motifs is 9. The monoisotopic (exact) mass is 516 g/mol. The molecule has 0 N–H and O–H groups in total. The molecule has 3 aromatic rings. The summed E-state index contributed by atoms with van der Waals surface area (Å²) >= 11 is 0. The number of non-ortho nitro benzene ring substituents is 2. The Kier molecular flexibility index (Phi) is 4.09. The lowest BCUT2D eigenvalue weighted by molar-refractivity contribution is -0.422. The summed E-state index contributed by atoms with van der Waals surface area (Å²) in [5, 5.41) is 47.4. The third-order valence-corrected chi connectivity index (χ3v) is 10.2. The summed E-state index contributed by atoms with van der Waals surface area (Å²) in [4.78, 5) is 44.8. The summed E-state index contributed by atoms with van der Waals surface area (Å²) in [5.41, 5.74) is -1.86. The van der Waals surface area contributed by atoms with Crippen LogP contribution in [0.3, 0.4) is 0 Å². The molecule has 192 valence electrons. The van der Waals surface area contributed by atoms with Crippen molar-refractivity contribution < 1.29 is 19.7 Å². The summed E-state index contributed by atoms with van der Waals surface area (Å²) in [6.45, 7) is 7.68. The van der Waals surface area contributed by atoms with Crippen molar-refractivity contribution in [3.63, 3.8) is 0 Å². The average molecular weight is 516 g/mol. The predicted molar refractivity (Wildman–Crippen MR) is 133 cm³/mol. The molecule has 0 spiro atoms. The number of hydrogen-bond donors (Lipinski definition) is 0. The van der Waals surface area contributed by atoms with E-state index in [4.69, 9.17) is 0 Å². The maximum atomic E-state index is 11.9. The van der Waals surface area contributed by atoms with E-state index in [1.165, 1.54) is 36.4 Å². The van der Waals surface area contributed by atoms with Crippen LogP contribution in [0.15, 0.2) is 48.5 Å². The molecule has 6 rings (SSSR count). The number of rotatable bonds is 4. The van der Waals surface area contributed by atoms with Gasteiger partial charge in [-0.25, -0.2) is 0 Å². The van der Waals surface area contributed by atoms with E-state index in [0.29, 0.717) is 22.3 Å². The molecular formula is C26H20N4O8. The van der Waals surface area contributed by atoms with Crippen LogP contribution in [-0.2, 0) is 16.2 Å². The van der Waals surface area contributed by atoms with Crippen molar-refractivity contribution in [3.05, 3.63) is 122 Å². The number of nitro benzene ring substituents is 4. The average Bonchev–Trinajstić information content (AvgIpc) is 3.22. The van der Waals surface area contributed by atoms with Gasteiger partial charge in [-0.1, -0.05) is 39.8 Å². The Morgan fingerprint density at radius 3 is 1.11 bits per heavy atom. The zero-order valence-electron chi connectivity index (χ0n) is 20.7. The first-order valence-electron chi connectivity index (χ1n) is 11.7. The van der Waals surface area contributed by atoms with Crippen molar-refractivity contribution in [1.29, 1.82) is 0 Å². The molecule has 12 heteroatoms. The summed E-state index contributed by atoms with van der Waals surface area (Å²) in [7, 11) is 0. The Balaban J connectivity index is 1.86. The van der Waals surface area contributed by atoms with Gasteiger partial charge in [-0.15, -0.1) is 0 Å². The van der Waals surface area contributed by atoms with Crippen molar-refractivity contribution >= 4 is 22.7 Å². The summed E-state index contributed by atoms with van der Waals surface area (Å²) in [6.07, 6.45) is 0. The molecule has 0 saturated carbocycles. The van der Waals surface area contributed by atoms with Crippen LogP contribution in [-0.4, -0.2) is 19.7 Å². The smallest absolute Gasteiger partial charge is 0.258 e. The van der Waals surface area contributed by atoms with Crippen LogP contribution in [0.5, 0.6) is 0 Å². The highest BCUT2D eigenvalue weighted by Crippen LogP contribution is 2.82. The van der Waals surface area contributed by atoms with Crippen LogP contribution in [0.4, 0.5) is 22.7 Å². The molecule has 3 aliphatic rings. The molecule has 3 aliphatic carbocycles. The topological polar surface area (TPSA) is 173 Å². The van der Waals surface area contributed by atoms with E-state index in [1.807, 2.05) is 27.7 Å². The third kappa shape index (κ3) is 2.12. The molecule has 0 fully saturated rings. The second-order valence-corrected chi connectivity index (χ2v) is 10.9. The zero-order chi connectivity index (χ0) is 27.7. The Morgan fingerprint density at radius 1 is 0.474 bits per heavy atom. The molecule has 0 aliphatic heterocycles. The van der Waals surface area contributed by atoms with E-state index in [9.17, 15) is 40.5 Å². The standard InChI is InChI=1S/C26H20N4O8/c1-23-15-7-5-13(27(31)32)9-17(15)24(2)19-11-21(29(35)36)22(30(37)38)12-20(19)25(3,26(23,24)4)18-10-14(28(33)34)6-8-16(18)23/h5-12H,1-4H3. The van der Waals surface area contributed by atoms with Gasteiger partial charge in [0.2, 0.25) is 0 Å². The Labute approximate surface area is 214 Å². The molecule has 0 bridgehead atoms. The molecular weight excluding hydrogens is 496 g/mol. The molecule has 2 unspecified atom stereocenters. The van der Waals surface area contributed by atoms with Crippen molar-refractivity contribution in [2.24, 2.45) is 5.41 Å². The molecule has 0 aromatic heterocycles. The van der Waals surface area contributed by atoms with Gasteiger partial charge in [-0.05, 0) is 33.4 Å².